The lowest BCUT2D eigenvalue weighted by Crippen LogP contribution is -2.21. The molecule has 0 bridgehead atoms. The molecule has 11 heteroatoms. The van der Waals surface area contributed by atoms with E-state index < -0.39 is 11.9 Å². The third kappa shape index (κ3) is 4.24. The summed E-state index contributed by atoms with van der Waals surface area (Å²) in [6.45, 7) is 1.29. The molecule has 2 aromatic carbocycles. The highest BCUT2D eigenvalue weighted by molar-refractivity contribution is 9.10. The van der Waals surface area contributed by atoms with Gasteiger partial charge in [0.15, 0.2) is 11.5 Å². The van der Waals surface area contributed by atoms with Gasteiger partial charge in [-0.25, -0.2) is 0 Å². The predicted octanol–water partition coefficient (Wildman–Crippen LogP) is 4.01. The topological polar surface area (TPSA) is 142 Å². The molecule has 0 amide bonds. The zero-order valence-corrected chi connectivity index (χ0v) is 20.8. The SMILES string of the molecule is COc1ccc(OC)c(-c2[nH]nc3c2C(c2cc(Br)c(OC(C)=O)c(OC)c2)C(C#N)=C(N)O3)c1. The minimum atomic E-state index is -0.690. The van der Waals surface area contributed by atoms with Crippen LogP contribution in [-0.4, -0.2) is 37.5 Å². The number of esters is 1. The largest absolute Gasteiger partial charge is 0.497 e. The Balaban J connectivity index is 1.98. The van der Waals surface area contributed by atoms with Gasteiger partial charge in [0.25, 0.3) is 0 Å². The van der Waals surface area contributed by atoms with E-state index >= 15 is 0 Å². The number of carbonyl (C=O) groups excluding carboxylic acids is 1. The molecule has 0 fully saturated rings. The van der Waals surface area contributed by atoms with E-state index in [0.29, 0.717) is 38.4 Å². The van der Waals surface area contributed by atoms with E-state index in [9.17, 15) is 10.1 Å². The number of carbonyl (C=O) groups is 1. The fraction of sp³-hybridized carbons (Fsp3) is 0.208. The summed E-state index contributed by atoms with van der Waals surface area (Å²) in [5, 5.41) is 17.3. The van der Waals surface area contributed by atoms with Crippen LogP contribution < -0.4 is 29.4 Å². The number of benzene rings is 2. The fourth-order valence-corrected chi connectivity index (χ4v) is 4.48. The first-order valence-electron chi connectivity index (χ1n) is 10.3. The zero-order chi connectivity index (χ0) is 25.3. The highest BCUT2D eigenvalue weighted by atomic mass is 79.9. The molecular formula is C24H21BrN4O6. The first-order valence-corrected chi connectivity index (χ1v) is 11.1. The molecule has 0 aliphatic carbocycles. The number of hydrogen-bond acceptors (Lipinski definition) is 9. The summed E-state index contributed by atoms with van der Waals surface area (Å²) in [4.78, 5) is 11.6. The molecule has 0 saturated heterocycles. The minimum absolute atomic E-state index is 0.0696. The fourth-order valence-electron chi connectivity index (χ4n) is 3.94. The molecule has 2 heterocycles. The van der Waals surface area contributed by atoms with Gasteiger partial charge < -0.3 is 29.4 Å². The van der Waals surface area contributed by atoms with Gasteiger partial charge in [0.2, 0.25) is 11.8 Å². The van der Waals surface area contributed by atoms with Crippen molar-refractivity contribution in [3.05, 3.63) is 57.4 Å². The average molecular weight is 541 g/mol. The molecule has 3 aromatic rings. The van der Waals surface area contributed by atoms with Gasteiger partial charge in [-0.15, -0.1) is 5.10 Å². The molecular weight excluding hydrogens is 520 g/mol. The number of aromatic nitrogens is 2. The Bertz CT molecular complexity index is 1390. The Labute approximate surface area is 209 Å². The van der Waals surface area contributed by atoms with Crippen LogP contribution in [-0.2, 0) is 4.79 Å². The maximum absolute atomic E-state index is 11.6. The molecule has 0 spiro atoms. The molecule has 1 aromatic heterocycles. The highest BCUT2D eigenvalue weighted by Crippen LogP contribution is 2.50. The number of allylic oxidation sites excluding steroid dienone is 1. The number of methoxy groups -OCH3 is 3. The Morgan fingerprint density at radius 1 is 1.17 bits per heavy atom. The van der Waals surface area contributed by atoms with Gasteiger partial charge in [-0.05, 0) is 51.8 Å². The summed E-state index contributed by atoms with van der Waals surface area (Å²) < 4.78 is 27.9. The standard InChI is InChI=1S/C24H21BrN4O6/c1-11(30)34-22-16(25)7-12(8-18(22)33-4)19-15(10-26)23(27)35-24-20(19)21(28-29-24)14-9-13(31-2)5-6-17(14)32-3/h5-9,19H,27H2,1-4H3,(H,28,29). The summed E-state index contributed by atoms with van der Waals surface area (Å²) in [6, 6.07) is 10.9. The lowest BCUT2D eigenvalue weighted by molar-refractivity contribution is -0.132. The second-order valence-electron chi connectivity index (χ2n) is 7.44. The van der Waals surface area contributed by atoms with Gasteiger partial charge in [0, 0.05) is 12.5 Å². The molecule has 3 N–H and O–H groups in total. The Kier molecular flexibility index (Phi) is 6.57. The van der Waals surface area contributed by atoms with Gasteiger partial charge >= 0.3 is 5.97 Å². The molecule has 1 aliphatic heterocycles. The van der Waals surface area contributed by atoms with Gasteiger partial charge in [-0.3, -0.25) is 9.89 Å². The van der Waals surface area contributed by atoms with E-state index in [4.69, 9.17) is 29.4 Å². The number of nitrogens with zero attached hydrogens (tertiary/aromatic N) is 2. The summed E-state index contributed by atoms with van der Waals surface area (Å²) >= 11 is 3.45. The lowest BCUT2D eigenvalue weighted by Gasteiger charge is -2.25. The van der Waals surface area contributed by atoms with Crippen molar-refractivity contribution in [3.8, 4) is 46.2 Å². The van der Waals surface area contributed by atoms with E-state index in [0.717, 1.165) is 0 Å². The maximum atomic E-state index is 11.6. The van der Waals surface area contributed by atoms with Crippen molar-refractivity contribution in [1.29, 1.82) is 5.26 Å². The van der Waals surface area contributed by atoms with E-state index in [1.54, 1.807) is 44.6 Å². The Hall–Kier alpha value is -4.17. The third-order valence-electron chi connectivity index (χ3n) is 5.45. The monoisotopic (exact) mass is 540 g/mol. The van der Waals surface area contributed by atoms with Crippen LogP contribution in [0.2, 0.25) is 0 Å². The van der Waals surface area contributed by atoms with Gasteiger partial charge in [-0.2, -0.15) is 5.26 Å². The number of rotatable bonds is 6. The quantitative estimate of drug-likeness (QED) is 0.350. The molecule has 180 valence electrons. The van der Waals surface area contributed by atoms with Crippen molar-refractivity contribution in [2.45, 2.75) is 12.8 Å². The van der Waals surface area contributed by atoms with Gasteiger partial charge in [0.05, 0.1) is 43.0 Å². The maximum Gasteiger partial charge on any atom is 0.308 e. The molecule has 10 nitrogen and oxygen atoms in total. The number of H-pyrrole nitrogens is 1. The van der Waals surface area contributed by atoms with Crippen LogP contribution >= 0.6 is 15.9 Å². The van der Waals surface area contributed by atoms with Crippen LogP contribution in [0.15, 0.2) is 46.3 Å². The first kappa shape index (κ1) is 24.0. The lowest BCUT2D eigenvalue weighted by atomic mass is 9.82. The molecule has 0 saturated carbocycles. The number of hydrogen-bond donors (Lipinski definition) is 2. The summed E-state index contributed by atoms with van der Waals surface area (Å²) in [5.74, 6) is 0.611. The normalized spacial score (nSPS) is 14.5. The third-order valence-corrected chi connectivity index (χ3v) is 6.03. The van der Waals surface area contributed by atoms with Crippen LogP contribution in [0.3, 0.4) is 0 Å². The number of nitrogens with two attached hydrogens (primary N) is 1. The van der Waals surface area contributed by atoms with Crippen molar-refractivity contribution >= 4 is 21.9 Å². The Morgan fingerprint density at radius 3 is 2.54 bits per heavy atom. The smallest absolute Gasteiger partial charge is 0.308 e. The molecule has 35 heavy (non-hydrogen) atoms. The number of aromatic amines is 1. The van der Waals surface area contributed by atoms with Gasteiger partial charge in [0.1, 0.15) is 23.1 Å². The van der Waals surface area contributed by atoms with E-state index in [1.807, 2.05) is 0 Å². The van der Waals surface area contributed by atoms with Crippen molar-refractivity contribution < 1.29 is 28.5 Å². The number of fused-ring (bicyclic) bond motifs is 1. The van der Waals surface area contributed by atoms with Crippen LogP contribution in [0.1, 0.15) is 24.0 Å². The highest BCUT2D eigenvalue weighted by Gasteiger charge is 2.37. The number of ether oxygens (including phenoxy) is 5. The van der Waals surface area contributed by atoms with Crippen molar-refractivity contribution in [2.24, 2.45) is 5.73 Å². The van der Waals surface area contributed by atoms with Crippen molar-refractivity contribution in [2.75, 3.05) is 21.3 Å². The van der Waals surface area contributed by atoms with E-state index in [1.165, 1.54) is 14.0 Å². The van der Waals surface area contributed by atoms with Crippen LogP contribution in [0.25, 0.3) is 11.3 Å². The van der Waals surface area contributed by atoms with E-state index in [2.05, 4.69) is 32.2 Å². The molecule has 4 rings (SSSR count). The first-order chi connectivity index (χ1) is 16.8. The molecule has 1 aliphatic rings. The van der Waals surface area contributed by atoms with Crippen LogP contribution in [0, 0.1) is 11.3 Å². The minimum Gasteiger partial charge on any atom is -0.497 e. The van der Waals surface area contributed by atoms with Crippen LogP contribution in [0.5, 0.6) is 28.9 Å². The van der Waals surface area contributed by atoms with Crippen LogP contribution in [0.4, 0.5) is 0 Å². The summed E-state index contributed by atoms with van der Waals surface area (Å²) in [7, 11) is 4.57. The number of halogens is 1. The Morgan fingerprint density at radius 2 is 1.91 bits per heavy atom. The second kappa shape index (κ2) is 9.60. The van der Waals surface area contributed by atoms with Crippen molar-refractivity contribution in [1.82, 2.24) is 10.2 Å². The van der Waals surface area contributed by atoms with Crippen molar-refractivity contribution in [3.63, 3.8) is 0 Å². The molecule has 1 unspecified atom stereocenters. The summed E-state index contributed by atoms with van der Waals surface area (Å²) in [6.07, 6.45) is 0. The zero-order valence-electron chi connectivity index (χ0n) is 19.3. The number of nitrogens with one attached hydrogen (secondary N) is 1. The average Bonchev–Trinajstić information content (AvgIpc) is 3.26. The van der Waals surface area contributed by atoms with E-state index in [-0.39, 0.29) is 28.8 Å². The summed E-state index contributed by atoms with van der Waals surface area (Å²) in [5.41, 5.74) is 8.68. The second-order valence-corrected chi connectivity index (χ2v) is 8.29. The number of nitriles is 1. The molecule has 1 atom stereocenters. The predicted molar refractivity (Wildman–Crippen MR) is 128 cm³/mol. The molecule has 0 radical (unpaired) electrons. The van der Waals surface area contributed by atoms with Gasteiger partial charge in [-0.1, -0.05) is 0 Å².